The summed E-state index contributed by atoms with van der Waals surface area (Å²) >= 11 is 1.23. The number of benzene rings is 2. The first-order valence-corrected chi connectivity index (χ1v) is 11.8. The zero-order valence-corrected chi connectivity index (χ0v) is 20.7. The van der Waals surface area contributed by atoms with Crippen LogP contribution in [0.3, 0.4) is 0 Å². The number of nitrogens with zero attached hydrogens (tertiary/aromatic N) is 4. The minimum Gasteiger partial charge on any atom is -0.497 e. The van der Waals surface area contributed by atoms with Crippen molar-refractivity contribution in [3.63, 3.8) is 0 Å². The van der Waals surface area contributed by atoms with Crippen LogP contribution in [-0.2, 0) is 4.79 Å². The largest absolute Gasteiger partial charge is 0.497 e. The Morgan fingerprint density at radius 2 is 1.46 bits per heavy atom. The fraction of sp³-hybridized carbons (Fsp3) is 0.192. The molecule has 9 heteroatoms. The Hall–Kier alpha value is -3.98. The third kappa shape index (κ3) is 5.93. The van der Waals surface area contributed by atoms with E-state index in [1.54, 1.807) is 33.4 Å². The molecule has 0 aliphatic heterocycles. The van der Waals surface area contributed by atoms with E-state index < -0.39 is 5.25 Å². The van der Waals surface area contributed by atoms with Gasteiger partial charge in [-0.15, -0.1) is 10.2 Å². The molecule has 2 aromatic carbocycles. The molecule has 4 rings (SSSR count). The van der Waals surface area contributed by atoms with Crippen LogP contribution in [0.15, 0.2) is 72.0 Å². The molecule has 0 radical (unpaired) electrons. The number of rotatable bonds is 8. The molecule has 0 aliphatic rings. The number of aryl methyl sites for hydroxylation is 1. The maximum absolute atomic E-state index is 12.7. The number of carbonyl (C=O) groups excluding carboxylic acids is 1. The Bertz CT molecular complexity index is 1300. The van der Waals surface area contributed by atoms with E-state index in [0.29, 0.717) is 22.4 Å². The quantitative estimate of drug-likeness (QED) is 0.345. The lowest BCUT2D eigenvalue weighted by atomic mass is 10.0. The number of ether oxygens (including phenoxy) is 2. The number of aromatic nitrogens is 4. The van der Waals surface area contributed by atoms with Crippen LogP contribution >= 0.6 is 11.8 Å². The van der Waals surface area contributed by atoms with Crippen LogP contribution in [0.1, 0.15) is 12.5 Å². The average Bonchev–Trinajstić information content (AvgIpc) is 2.90. The van der Waals surface area contributed by atoms with Crippen LogP contribution in [-0.4, -0.2) is 45.5 Å². The minimum atomic E-state index is -0.463. The molecule has 0 aliphatic carbocycles. The molecule has 4 aromatic rings. The smallest absolute Gasteiger partial charge is 0.238 e. The Morgan fingerprint density at radius 1 is 0.857 bits per heavy atom. The fourth-order valence-electron chi connectivity index (χ4n) is 3.24. The van der Waals surface area contributed by atoms with Crippen molar-refractivity contribution < 1.29 is 14.3 Å². The van der Waals surface area contributed by atoms with Gasteiger partial charge in [0.05, 0.1) is 19.5 Å². The molecule has 1 N–H and O–H groups in total. The van der Waals surface area contributed by atoms with Gasteiger partial charge in [0.15, 0.2) is 0 Å². The van der Waals surface area contributed by atoms with Gasteiger partial charge in [-0.05, 0) is 74.0 Å². The van der Waals surface area contributed by atoms with Crippen molar-refractivity contribution in [2.45, 2.75) is 24.3 Å². The monoisotopic (exact) mass is 487 g/mol. The second-order valence-electron chi connectivity index (χ2n) is 7.72. The van der Waals surface area contributed by atoms with E-state index in [0.717, 1.165) is 28.2 Å². The van der Waals surface area contributed by atoms with Gasteiger partial charge in [0.25, 0.3) is 0 Å². The Labute approximate surface area is 208 Å². The summed E-state index contributed by atoms with van der Waals surface area (Å²) in [5.41, 5.74) is 4.01. The van der Waals surface area contributed by atoms with E-state index in [4.69, 9.17) is 14.5 Å². The summed E-state index contributed by atoms with van der Waals surface area (Å²) in [7, 11) is 3.24. The van der Waals surface area contributed by atoms with Crippen molar-refractivity contribution in [3.8, 4) is 34.0 Å². The highest BCUT2D eigenvalue weighted by Crippen LogP contribution is 2.32. The lowest BCUT2D eigenvalue weighted by molar-refractivity contribution is -0.115. The summed E-state index contributed by atoms with van der Waals surface area (Å²) in [4.78, 5) is 21.7. The standard InChI is InChI=1S/C26H25N5O3S/c1-16-5-14-22(27-15-16)28-25(32)17(2)35-26-29-23(18-6-10-20(33-3)11-7-18)24(30-31-26)19-8-12-21(34-4)13-9-19/h5-15,17H,1-4H3,(H,27,28,32). The molecule has 2 aromatic heterocycles. The summed E-state index contributed by atoms with van der Waals surface area (Å²) in [6, 6.07) is 18.8. The predicted molar refractivity (Wildman–Crippen MR) is 137 cm³/mol. The first-order chi connectivity index (χ1) is 17.0. The zero-order valence-electron chi connectivity index (χ0n) is 19.9. The molecule has 1 unspecified atom stereocenters. The summed E-state index contributed by atoms with van der Waals surface area (Å²) in [5.74, 6) is 1.79. The van der Waals surface area contributed by atoms with Gasteiger partial charge in [-0.2, -0.15) is 0 Å². The van der Waals surface area contributed by atoms with Crippen LogP contribution in [0.5, 0.6) is 11.5 Å². The van der Waals surface area contributed by atoms with E-state index in [-0.39, 0.29) is 5.91 Å². The molecule has 35 heavy (non-hydrogen) atoms. The van der Waals surface area contributed by atoms with Crippen LogP contribution < -0.4 is 14.8 Å². The van der Waals surface area contributed by atoms with Gasteiger partial charge in [0.1, 0.15) is 28.7 Å². The van der Waals surface area contributed by atoms with Gasteiger partial charge >= 0.3 is 0 Å². The lowest BCUT2D eigenvalue weighted by Crippen LogP contribution is -2.23. The van der Waals surface area contributed by atoms with Crippen molar-refractivity contribution in [3.05, 3.63) is 72.4 Å². The van der Waals surface area contributed by atoms with E-state index in [2.05, 4.69) is 20.5 Å². The van der Waals surface area contributed by atoms with E-state index in [1.165, 1.54) is 11.8 Å². The van der Waals surface area contributed by atoms with E-state index >= 15 is 0 Å². The number of carbonyl (C=O) groups is 1. The van der Waals surface area contributed by atoms with Gasteiger partial charge in [-0.1, -0.05) is 17.8 Å². The Morgan fingerprint density at radius 3 is 2.00 bits per heavy atom. The van der Waals surface area contributed by atoms with E-state index in [9.17, 15) is 4.79 Å². The molecular formula is C26H25N5O3S. The highest BCUT2D eigenvalue weighted by atomic mass is 32.2. The van der Waals surface area contributed by atoms with Crippen molar-refractivity contribution in [2.24, 2.45) is 0 Å². The Kier molecular flexibility index (Phi) is 7.57. The zero-order chi connectivity index (χ0) is 24.8. The maximum Gasteiger partial charge on any atom is 0.238 e. The second kappa shape index (κ2) is 11.0. The summed E-state index contributed by atoms with van der Waals surface area (Å²) in [6.45, 7) is 3.74. The molecule has 0 saturated heterocycles. The van der Waals surface area contributed by atoms with Gasteiger partial charge in [-0.25, -0.2) is 9.97 Å². The third-order valence-corrected chi connectivity index (χ3v) is 6.16. The van der Waals surface area contributed by atoms with Crippen LogP contribution in [0.2, 0.25) is 0 Å². The first kappa shape index (κ1) is 24.2. The van der Waals surface area contributed by atoms with Crippen molar-refractivity contribution in [2.75, 3.05) is 19.5 Å². The van der Waals surface area contributed by atoms with Gasteiger partial charge in [-0.3, -0.25) is 4.79 Å². The lowest BCUT2D eigenvalue weighted by Gasteiger charge is -2.13. The van der Waals surface area contributed by atoms with Crippen LogP contribution in [0.4, 0.5) is 5.82 Å². The molecule has 0 fully saturated rings. The molecule has 0 bridgehead atoms. The summed E-state index contributed by atoms with van der Waals surface area (Å²) < 4.78 is 10.6. The second-order valence-corrected chi connectivity index (χ2v) is 9.03. The van der Waals surface area contributed by atoms with Crippen molar-refractivity contribution >= 4 is 23.5 Å². The van der Waals surface area contributed by atoms with Gasteiger partial charge in [0.2, 0.25) is 11.1 Å². The average molecular weight is 488 g/mol. The highest BCUT2D eigenvalue weighted by Gasteiger charge is 2.20. The molecule has 0 spiro atoms. The van der Waals surface area contributed by atoms with Crippen molar-refractivity contribution in [1.29, 1.82) is 0 Å². The molecule has 1 atom stereocenters. The number of amides is 1. The van der Waals surface area contributed by atoms with Crippen molar-refractivity contribution in [1.82, 2.24) is 20.2 Å². The number of hydrogen-bond donors (Lipinski definition) is 1. The molecule has 1 amide bonds. The predicted octanol–water partition coefficient (Wildman–Crippen LogP) is 5.05. The number of thioether (sulfide) groups is 1. The fourth-order valence-corrected chi connectivity index (χ4v) is 3.95. The number of methoxy groups -OCH3 is 2. The number of anilines is 1. The maximum atomic E-state index is 12.7. The number of pyridine rings is 1. The summed E-state index contributed by atoms with van der Waals surface area (Å²) in [5, 5.41) is 11.5. The van der Waals surface area contributed by atoms with Crippen LogP contribution in [0, 0.1) is 6.92 Å². The first-order valence-electron chi connectivity index (χ1n) is 10.9. The summed E-state index contributed by atoms with van der Waals surface area (Å²) in [6.07, 6.45) is 1.71. The number of hydrogen-bond acceptors (Lipinski definition) is 8. The molecule has 0 saturated carbocycles. The van der Waals surface area contributed by atoms with E-state index in [1.807, 2.05) is 61.5 Å². The topological polar surface area (TPSA) is 99.1 Å². The molecular weight excluding hydrogens is 462 g/mol. The Balaban J connectivity index is 1.62. The SMILES string of the molecule is COc1ccc(-c2nnc(SC(C)C(=O)Nc3ccc(C)cn3)nc2-c2ccc(OC)cc2)cc1. The molecule has 8 nitrogen and oxygen atoms in total. The normalized spacial score (nSPS) is 11.5. The third-order valence-electron chi connectivity index (χ3n) is 5.21. The minimum absolute atomic E-state index is 0.194. The molecule has 2 heterocycles. The van der Waals surface area contributed by atoms with Gasteiger partial charge < -0.3 is 14.8 Å². The highest BCUT2D eigenvalue weighted by molar-refractivity contribution is 8.00. The molecule has 178 valence electrons. The van der Waals surface area contributed by atoms with Gasteiger partial charge in [0, 0.05) is 17.3 Å². The van der Waals surface area contributed by atoms with Crippen LogP contribution in [0.25, 0.3) is 22.5 Å². The number of nitrogens with one attached hydrogen (secondary N) is 1.